The third kappa shape index (κ3) is 3.73. The molecule has 2 fully saturated rings. The molecule has 0 saturated carbocycles. The van der Waals surface area contributed by atoms with Crippen LogP contribution in [-0.2, 0) is 19.1 Å². The Kier molecular flexibility index (Phi) is 6.14. The lowest BCUT2D eigenvalue weighted by atomic mass is 9.76. The molecule has 0 spiro atoms. The molecule has 6 atom stereocenters. The molecule has 0 aliphatic carbocycles. The van der Waals surface area contributed by atoms with E-state index < -0.39 is 29.1 Å². The topological polar surface area (TPSA) is 93.1 Å². The highest BCUT2D eigenvalue weighted by Crippen LogP contribution is 2.41. The van der Waals surface area contributed by atoms with Gasteiger partial charge in [0.05, 0.1) is 25.6 Å². The fourth-order valence-corrected chi connectivity index (χ4v) is 5.11. The number of rotatable bonds is 5. The molecule has 0 amide bonds. The number of cyclic esters (lactones) is 1. The Bertz CT molecular complexity index is 685. The van der Waals surface area contributed by atoms with Gasteiger partial charge >= 0.3 is 11.9 Å². The smallest absolute Gasteiger partial charge is 0.341 e. The molecule has 3 rings (SSSR count). The maximum absolute atomic E-state index is 12.9. The Hall–Kier alpha value is -1.44. The summed E-state index contributed by atoms with van der Waals surface area (Å²) >= 11 is 0. The van der Waals surface area contributed by atoms with E-state index in [0.717, 1.165) is 42.5 Å². The molecule has 3 aliphatic rings. The highest BCUT2D eigenvalue weighted by atomic mass is 16.6. The van der Waals surface area contributed by atoms with Crippen LogP contribution in [0.1, 0.15) is 59.8 Å². The molecular weight excluding hydrogens is 374 g/mol. The minimum absolute atomic E-state index is 0.0198. The van der Waals surface area contributed by atoms with Crippen molar-refractivity contribution in [1.82, 2.24) is 0 Å². The highest BCUT2D eigenvalue weighted by Gasteiger charge is 2.59. The van der Waals surface area contributed by atoms with Crippen LogP contribution in [0.3, 0.4) is 0 Å². The van der Waals surface area contributed by atoms with Crippen molar-refractivity contribution in [2.75, 3.05) is 26.2 Å². The van der Waals surface area contributed by atoms with Crippen molar-refractivity contribution in [1.29, 1.82) is 0 Å². The van der Waals surface area contributed by atoms with Crippen LogP contribution in [0.5, 0.6) is 0 Å². The molecular formula is C22H36NO6+. The van der Waals surface area contributed by atoms with Gasteiger partial charge in [0.25, 0.3) is 0 Å². The third-order valence-corrected chi connectivity index (χ3v) is 7.57. The van der Waals surface area contributed by atoms with Crippen LogP contribution in [0.25, 0.3) is 0 Å². The lowest BCUT2D eigenvalue weighted by molar-refractivity contribution is -0.925. The standard InChI is InChI=1S/C22H36NO6/c1-5-6-7-8-11-23-12-9-16-14-28-20(25)22(4,27)21(3,26)15(2)19(24)29-17(10-13-23)18(16)23/h9,15,17-18,26-27H,5-8,10-14H2,1-4H3/q+1/t15-,17-,18+,21+,22-,23?/m1/s1. The van der Waals surface area contributed by atoms with Crippen LogP contribution in [0.2, 0.25) is 0 Å². The van der Waals surface area contributed by atoms with Gasteiger partial charge in [-0.1, -0.05) is 19.8 Å². The van der Waals surface area contributed by atoms with Crippen LogP contribution in [-0.4, -0.2) is 76.2 Å². The summed E-state index contributed by atoms with van der Waals surface area (Å²) in [7, 11) is 0. The van der Waals surface area contributed by atoms with E-state index in [0.29, 0.717) is 0 Å². The van der Waals surface area contributed by atoms with Gasteiger partial charge in [-0.3, -0.25) is 4.79 Å². The molecule has 7 heteroatoms. The number of esters is 2. The molecule has 3 aliphatic heterocycles. The molecule has 0 radical (unpaired) electrons. The molecule has 2 saturated heterocycles. The number of quaternary nitrogens is 1. The number of carbonyl (C=O) groups is 2. The van der Waals surface area contributed by atoms with Gasteiger partial charge in [0.2, 0.25) is 0 Å². The van der Waals surface area contributed by atoms with E-state index in [2.05, 4.69) is 13.0 Å². The average molecular weight is 411 g/mol. The van der Waals surface area contributed by atoms with E-state index >= 15 is 0 Å². The summed E-state index contributed by atoms with van der Waals surface area (Å²) in [5.74, 6) is -2.59. The molecule has 0 aromatic heterocycles. The third-order valence-electron chi connectivity index (χ3n) is 7.57. The number of aliphatic hydroxyl groups is 2. The first-order valence-corrected chi connectivity index (χ1v) is 10.9. The fraction of sp³-hybridized carbons (Fsp3) is 0.818. The maximum atomic E-state index is 12.9. The van der Waals surface area contributed by atoms with Crippen LogP contribution in [0.15, 0.2) is 11.6 Å². The Morgan fingerprint density at radius 2 is 1.93 bits per heavy atom. The van der Waals surface area contributed by atoms with E-state index in [1.807, 2.05) is 0 Å². The van der Waals surface area contributed by atoms with E-state index in [1.54, 1.807) is 0 Å². The number of ether oxygens (including phenoxy) is 2. The van der Waals surface area contributed by atoms with Crippen molar-refractivity contribution in [2.45, 2.75) is 83.1 Å². The van der Waals surface area contributed by atoms with Crippen molar-refractivity contribution in [3.8, 4) is 0 Å². The van der Waals surface area contributed by atoms with Gasteiger partial charge < -0.3 is 24.2 Å². The molecule has 1 unspecified atom stereocenters. The second-order valence-electron chi connectivity index (χ2n) is 9.41. The summed E-state index contributed by atoms with van der Waals surface area (Å²) in [5.41, 5.74) is -3.29. The lowest BCUT2D eigenvalue weighted by Crippen LogP contribution is -2.61. The minimum atomic E-state index is -2.23. The molecule has 29 heavy (non-hydrogen) atoms. The first-order chi connectivity index (χ1) is 13.6. The van der Waals surface area contributed by atoms with Crippen LogP contribution < -0.4 is 0 Å². The van der Waals surface area contributed by atoms with Crippen molar-refractivity contribution < 1.29 is 33.8 Å². The summed E-state index contributed by atoms with van der Waals surface area (Å²) in [6, 6.07) is -0.0198. The molecule has 0 aromatic carbocycles. The van der Waals surface area contributed by atoms with Gasteiger partial charge in [-0.05, 0) is 39.7 Å². The van der Waals surface area contributed by atoms with Crippen LogP contribution in [0.4, 0.5) is 0 Å². The van der Waals surface area contributed by atoms with Crippen LogP contribution >= 0.6 is 0 Å². The molecule has 2 N–H and O–H groups in total. The van der Waals surface area contributed by atoms with E-state index in [1.165, 1.54) is 40.0 Å². The normalized spacial score (nSPS) is 42.6. The van der Waals surface area contributed by atoms with E-state index in [4.69, 9.17) is 9.47 Å². The van der Waals surface area contributed by atoms with Gasteiger partial charge in [0, 0.05) is 12.0 Å². The van der Waals surface area contributed by atoms with Crippen molar-refractivity contribution in [3.63, 3.8) is 0 Å². The van der Waals surface area contributed by atoms with Crippen molar-refractivity contribution >= 4 is 11.9 Å². The second kappa shape index (κ2) is 8.00. The van der Waals surface area contributed by atoms with Gasteiger partial charge in [-0.25, -0.2) is 4.79 Å². The molecule has 164 valence electrons. The number of carbonyl (C=O) groups excluding carboxylic acids is 2. The first-order valence-electron chi connectivity index (χ1n) is 10.9. The summed E-state index contributed by atoms with van der Waals surface area (Å²) in [6.07, 6.45) is 7.24. The van der Waals surface area contributed by atoms with Gasteiger partial charge in [0.15, 0.2) is 17.7 Å². The van der Waals surface area contributed by atoms with Crippen LogP contribution in [0, 0.1) is 5.92 Å². The predicted molar refractivity (Wildman–Crippen MR) is 107 cm³/mol. The highest BCUT2D eigenvalue weighted by molar-refractivity contribution is 5.83. The minimum Gasteiger partial charge on any atom is -0.459 e. The molecule has 7 nitrogen and oxygen atoms in total. The zero-order valence-corrected chi connectivity index (χ0v) is 18.1. The quantitative estimate of drug-likeness (QED) is 0.310. The van der Waals surface area contributed by atoms with Gasteiger partial charge in [0.1, 0.15) is 12.2 Å². The predicted octanol–water partition coefficient (Wildman–Crippen LogP) is 1.70. The van der Waals surface area contributed by atoms with Crippen molar-refractivity contribution in [2.24, 2.45) is 5.92 Å². The monoisotopic (exact) mass is 410 g/mol. The molecule has 0 aromatic rings. The van der Waals surface area contributed by atoms with Crippen molar-refractivity contribution in [3.05, 3.63) is 11.6 Å². The number of nitrogens with zero attached hydrogens (tertiary/aromatic N) is 1. The van der Waals surface area contributed by atoms with Gasteiger partial charge in [-0.2, -0.15) is 0 Å². The summed E-state index contributed by atoms with van der Waals surface area (Å²) in [6.45, 7) is 8.97. The number of hydrogen-bond donors (Lipinski definition) is 2. The zero-order valence-electron chi connectivity index (χ0n) is 18.1. The summed E-state index contributed by atoms with van der Waals surface area (Å²) < 4.78 is 12.2. The Morgan fingerprint density at radius 3 is 2.62 bits per heavy atom. The summed E-state index contributed by atoms with van der Waals surface area (Å²) in [5, 5.41) is 21.6. The van der Waals surface area contributed by atoms with E-state index in [9.17, 15) is 19.8 Å². The zero-order chi connectivity index (χ0) is 21.4. The van der Waals surface area contributed by atoms with Gasteiger partial charge in [-0.15, -0.1) is 0 Å². The Morgan fingerprint density at radius 1 is 1.21 bits per heavy atom. The number of unbranched alkanes of at least 4 members (excludes halogenated alkanes) is 3. The largest absolute Gasteiger partial charge is 0.459 e. The maximum Gasteiger partial charge on any atom is 0.341 e. The first kappa shape index (κ1) is 22.2. The fourth-order valence-electron chi connectivity index (χ4n) is 5.11. The molecule has 3 heterocycles. The Balaban J connectivity index is 1.88. The lowest BCUT2D eigenvalue weighted by Gasteiger charge is -2.39. The summed E-state index contributed by atoms with van der Waals surface area (Å²) in [4.78, 5) is 25.5. The SMILES string of the molecule is CCCCCC[N+]12CC=C3COC(=O)[C@@](C)(O)[C@@](C)(O)[C@H](C)C(=O)O[C@H](CC1)[C@H]32. The number of hydrogen-bond acceptors (Lipinski definition) is 6. The Labute approximate surface area is 173 Å². The molecule has 0 bridgehead atoms. The van der Waals surface area contributed by atoms with E-state index in [-0.39, 0.29) is 18.8 Å². The second-order valence-corrected chi connectivity index (χ2v) is 9.41. The average Bonchev–Trinajstić information content (AvgIpc) is 3.20.